The van der Waals surface area contributed by atoms with Crippen LogP contribution in [-0.4, -0.2) is 17.3 Å². The Bertz CT molecular complexity index is 662. The summed E-state index contributed by atoms with van der Waals surface area (Å²) in [6.07, 6.45) is 0. The highest BCUT2D eigenvalue weighted by molar-refractivity contribution is 9.11. The van der Waals surface area contributed by atoms with Gasteiger partial charge in [-0.15, -0.1) is 0 Å². The molecule has 0 aliphatic rings. The molecule has 1 unspecified atom stereocenters. The van der Waals surface area contributed by atoms with Crippen molar-refractivity contribution in [2.45, 2.75) is 13.0 Å². The standard InChI is InChI=1S/C15H15Br2NO3/c1-8(10-5-9(19)3-4-14(10)20)18-13-7-15(21-2)12(17)6-11(13)16/h3-8,18-20H,1-2H3. The second-order valence-electron chi connectivity index (χ2n) is 4.58. The Morgan fingerprint density at radius 1 is 1.10 bits per heavy atom. The Kier molecular flexibility index (Phi) is 5.00. The molecule has 3 N–H and O–H groups in total. The Hall–Kier alpha value is -1.40. The topological polar surface area (TPSA) is 61.7 Å². The average molecular weight is 417 g/mol. The van der Waals surface area contributed by atoms with Crippen LogP contribution in [0.4, 0.5) is 5.69 Å². The molecule has 2 rings (SSSR count). The zero-order valence-electron chi connectivity index (χ0n) is 11.5. The van der Waals surface area contributed by atoms with Gasteiger partial charge >= 0.3 is 0 Å². The maximum atomic E-state index is 9.90. The number of rotatable bonds is 4. The molecule has 0 fully saturated rings. The summed E-state index contributed by atoms with van der Waals surface area (Å²) in [5.74, 6) is 0.949. The minimum absolute atomic E-state index is 0.115. The van der Waals surface area contributed by atoms with Gasteiger partial charge in [-0.3, -0.25) is 0 Å². The fraction of sp³-hybridized carbons (Fsp3) is 0.200. The number of hydrogen-bond donors (Lipinski definition) is 3. The number of hydrogen-bond acceptors (Lipinski definition) is 4. The molecular formula is C15H15Br2NO3. The molecule has 6 heteroatoms. The summed E-state index contributed by atoms with van der Waals surface area (Å²) in [6, 6.07) is 8.00. The molecule has 4 nitrogen and oxygen atoms in total. The lowest BCUT2D eigenvalue weighted by atomic mass is 10.1. The van der Waals surface area contributed by atoms with Crippen molar-refractivity contribution in [1.29, 1.82) is 0 Å². The third-order valence-electron chi connectivity index (χ3n) is 3.09. The number of methoxy groups -OCH3 is 1. The van der Waals surface area contributed by atoms with Gasteiger partial charge < -0.3 is 20.3 Å². The van der Waals surface area contributed by atoms with Crippen LogP contribution in [0.5, 0.6) is 17.2 Å². The van der Waals surface area contributed by atoms with E-state index in [2.05, 4.69) is 37.2 Å². The number of anilines is 1. The smallest absolute Gasteiger partial charge is 0.135 e. The molecule has 0 amide bonds. The zero-order valence-corrected chi connectivity index (χ0v) is 14.7. The maximum Gasteiger partial charge on any atom is 0.135 e. The molecule has 0 aliphatic carbocycles. The first-order chi connectivity index (χ1) is 9.92. The molecule has 2 aromatic rings. The van der Waals surface area contributed by atoms with Crippen molar-refractivity contribution in [2.24, 2.45) is 0 Å². The van der Waals surface area contributed by atoms with Crippen LogP contribution >= 0.6 is 31.9 Å². The fourth-order valence-electron chi connectivity index (χ4n) is 2.00. The molecule has 1 atom stereocenters. The molecule has 0 spiro atoms. The van der Waals surface area contributed by atoms with Gasteiger partial charge in [0.1, 0.15) is 17.2 Å². The van der Waals surface area contributed by atoms with Crippen LogP contribution < -0.4 is 10.1 Å². The lowest BCUT2D eigenvalue weighted by Gasteiger charge is -2.19. The largest absolute Gasteiger partial charge is 0.508 e. The van der Waals surface area contributed by atoms with Crippen molar-refractivity contribution in [1.82, 2.24) is 0 Å². The summed E-state index contributed by atoms with van der Waals surface area (Å²) in [5, 5.41) is 22.7. The Morgan fingerprint density at radius 3 is 2.48 bits per heavy atom. The summed E-state index contributed by atoms with van der Waals surface area (Å²) in [6.45, 7) is 1.90. The van der Waals surface area contributed by atoms with E-state index in [0.29, 0.717) is 11.3 Å². The van der Waals surface area contributed by atoms with Gasteiger partial charge in [-0.25, -0.2) is 0 Å². The third kappa shape index (κ3) is 3.63. The second kappa shape index (κ2) is 6.58. The number of ether oxygens (including phenoxy) is 1. The highest BCUT2D eigenvalue weighted by Crippen LogP contribution is 2.37. The first-order valence-corrected chi connectivity index (χ1v) is 7.82. The molecule has 0 heterocycles. The number of halogens is 2. The Morgan fingerprint density at radius 2 is 1.81 bits per heavy atom. The van der Waals surface area contributed by atoms with Crippen molar-refractivity contribution in [2.75, 3.05) is 12.4 Å². The average Bonchev–Trinajstić information content (AvgIpc) is 2.44. The van der Waals surface area contributed by atoms with Crippen molar-refractivity contribution >= 4 is 37.5 Å². The van der Waals surface area contributed by atoms with E-state index < -0.39 is 0 Å². The van der Waals surface area contributed by atoms with E-state index in [1.807, 2.05) is 19.1 Å². The van der Waals surface area contributed by atoms with Gasteiger partial charge in [-0.1, -0.05) is 0 Å². The highest BCUT2D eigenvalue weighted by Gasteiger charge is 2.14. The van der Waals surface area contributed by atoms with Crippen molar-refractivity contribution < 1.29 is 14.9 Å². The quantitative estimate of drug-likeness (QED) is 0.626. The zero-order chi connectivity index (χ0) is 15.6. The predicted octanol–water partition coefficient (Wildman–Crippen LogP) is 4.80. The normalized spacial score (nSPS) is 12.0. The summed E-state index contributed by atoms with van der Waals surface area (Å²) in [5.41, 5.74) is 1.44. The van der Waals surface area contributed by atoms with Crippen LogP contribution in [0.1, 0.15) is 18.5 Å². The van der Waals surface area contributed by atoms with Crippen molar-refractivity contribution in [3.8, 4) is 17.2 Å². The lowest BCUT2D eigenvalue weighted by molar-refractivity contribution is 0.412. The van der Waals surface area contributed by atoms with Crippen LogP contribution in [0, 0.1) is 0 Å². The van der Waals surface area contributed by atoms with Gasteiger partial charge in [-0.05, 0) is 63.0 Å². The summed E-state index contributed by atoms with van der Waals surface area (Å²) in [7, 11) is 1.60. The molecule has 0 bridgehead atoms. The van der Waals surface area contributed by atoms with Gasteiger partial charge in [0.05, 0.1) is 23.3 Å². The number of phenolic OH excluding ortho intramolecular Hbond substituents is 2. The minimum Gasteiger partial charge on any atom is -0.508 e. The van der Waals surface area contributed by atoms with Crippen LogP contribution in [0.25, 0.3) is 0 Å². The lowest BCUT2D eigenvalue weighted by Crippen LogP contribution is -2.07. The van der Waals surface area contributed by atoms with E-state index in [-0.39, 0.29) is 17.5 Å². The Balaban J connectivity index is 2.31. The molecule has 0 saturated carbocycles. The fourth-order valence-corrected chi connectivity index (χ4v) is 3.27. The monoisotopic (exact) mass is 415 g/mol. The molecule has 2 aromatic carbocycles. The van der Waals surface area contributed by atoms with Crippen molar-refractivity contribution in [3.63, 3.8) is 0 Å². The first-order valence-electron chi connectivity index (χ1n) is 6.23. The summed E-state index contributed by atoms with van der Waals surface area (Å²) < 4.78 is 6.98. The third-order valence-corrected chi connectivity index (χ3v) is 4.37. The van der Waals surface area contributed by atoms with Gasteiger partial charge in [0.15, 0.2) is 0 Å². The van der Waals surface area contributed by atoms with Crippen molar-refractivity contribution in [3.05, 3.63) is 44.8 Å². The molecule has 0 saturated heterocycles. The van der Waals surface area contributed by atoms with E-state index >= 15 is 0 Å². The van der Waals surface area contributed by atoms with Gasteiger partial charge in [0.2, 0.25) is 0 Å². The molecule has 0 aromatic heterocycles. The van der Waals surface area contributed by atoms with Crippen LogP contribution in [0.15, 0.2) is 39.3 Å². The van der Waals surface area contributed by atoms with E-state index in [1.54, 1.807) is 7.11 Å². The summed E-state index contributed by atoms with van der Waals surface area (Å²) >= 11 is 6.90. The molecular weight excluding hydrogens is 402 g/mol. The Labute approximate surface area is 140 Å². The highest BCUT2D eigenvalue weighted by atomic mass is 79.9. The number of aromatic hydroxyl groups is 2. The first kappa shape index (κ1) is 16.0. The van der Waals surface area contributed by atoms with Crippen LogP contribution in [-0.2, 0) is 0 Å². The minimum atomic E-state index is -0.195. The summed E-state index contributed by atoms with van der Waals surface area (Å²) in [4.78, 5) is 0. The molecule has 0 aliphatic heterocycles. The molecule has 112 valence electrons. The van der Waals surface area contributed by atoms with E-state index in [1.165, 1.54) is 18.2 Å². The van der Waals surface area contributed by atoms with Gasteiger partial charge in [-0.2, -0.15) is 0 Å². The number of nitrogens with one attached hydrogen (secondary N) is 1. The number of benzene rings is 2. The molecule has 21 heavy (non-hydrogen) atoms. The van der Waals surface area contributed by atoms with E-state index in [9.17, 15) is 10.2 Å². The SMILES string of the molecule is COc1cc(NC(C)c2cc(O)ccc2O)c(Br)cc1Br. The van der Waals surface area contributed by atoms with E-state index in [0.717, 1.165) is 14.6 Å². The second-order valence-corrected chi connectivity index (χ2v) is 6.28. The molecule has 0 radical (unpaired) electrons. The number of phenols is 2. The van der Waals surface area contributed by atoms with Gasteiger partial charge in [0, 0.05) is 16.1 Å². The van der Waals surface area contributed by atoms with E-state index in [4.69, 9.17) is 4.74 Å². The van der Waals surface area contributed by atoms with Crippen LogP contribution in [0.2, 0.25) is 0 Å². The van der Waals surface area contributed by atoms with Crippen LogP contribution in [0.3, 0.4) is 0 Å². The van der Waals surface area contributed by atoms with Gasteiger partial charge in [0.25, 0.3) is 0 Å². The maximum absolute atomic E-state index is 9.90. The predicted molar refractivity (Wildman–Crippen MR) is 90.2 cm³/mol.